The first-order chi connectivity index (χ1) is 8.15. The Hall–Kier alpha value is -1.56. The van der Waals surface area contributed by atoms with Gasteiger partial charge < -0.3 is 14.8 Å². The number of benzene rings is 1. The van der Waals surface area contributed by atoms with Gasteiger partial charge in [0.05, 0.1) is 5.02 Å². The molecule has 0 radical (unpaired) electrons. The molecule has 2 rings (SSSR count). The minimum absolute atomic E-state index is 0.404. The van der Waals surface area contributed by atoms with Gasteiger partial charge in [-0.3, -0.25) is 0 Å². The normalized spacial score (nSPS) is 10.1. The van der Waals surface area contributed by atoms with Crippen molar-refractivity contribution in [2.75, 3.05) is 0 Å². The van der Waals surface area contributed by atoms with Crippen LogP contribution < -0.4 is 10.2 Å². The highest BCUT2D eigenvalue weighted by atomic mass is 35.5. The van der Waals surface area contributed by atoms with Gasteiger partial charge in [0.25, 0.3) is 0 Å². The first-order valence-electron chi connectivity index (χ1n) is 4.90. The first-order valence-corrected chi connectivity index (χ1v) is 5.28. The molecule has 0 fully saturated rings. The summed E-state index contributed by atoms with van der Waals surface area (Å²) in [5.41, 5.74) is 0.404. The van der Waals surface area contributed by atoms with Crippen molar-refractivity contribution >= 4 is 24.2 Å². The van der Waals surface area contributed by atoms with E-state index in [0.29, 0.717) is 22.1 Å². The van der Waals surface area contributed by atoms with Crippen molar-refractivity contribution in [1.29, 1.82) is 0 Å². The van der Waals surface area contributed by atoms with Crippen LogP contribution in [-0.2, 0) is 0 Å². The van der Waals surface area contributed by atoms with E-state index in [-0.39, 0.29) is 0 Å². The lowest BCUT2D eigenvalue weighted by Crippen LogP contribution is -2.29. The number of aromatic nitrogens is 1. The molecular formula is C11H9BClNO3. The molecule has 0 unspecified atom stereocenters. The van der Waals surface area contributed by atoms with Crippen LogP contribution in [0.4, 0.5) is 0 Å². The van der Waals surface area contributed by atoms with Crippen molar-refractivity contribution in [3.05, 3.63) is 47.6 Å². The van der Waals surface area contributed by atoms with E-state index in [1.807, 2.05) is 0 Å². The van der Waals surface area contributed by atoms with Gasteiger partial charge in [-0.15, -0.1) is 0 Å². The molecule has 0 saturated heterocycles. The summed E-state index contributed by atoms with van der Waals surface area (Å²) in [5.74, 6) is 0.982. The third kappa shape index (κ3) is 3.20. The van der Waals surface area contributed by atoms with E-state index in [0.717, 1.165) is 0 Å². The maximum atomic E-state index is 8.92. The quantitative estimate of drug-likeness (QED) is 0.803. The number of pyridine rings is 1. The highest BCUT2D eigenvalue weighted by Gasteiger charge is 2.10. The van der Waals surface area contributed by atoms with Gasteiger partial charge in [-0.2, -0.15) is 0 Å². The molecule has 1 heterocycles. The van der Waals surface area contributed by atoms with E-state index in [1.54, 1.807) is 36.4 Å². The van der Waals surface area contributed by atoms with Crippen molar-refractivity contribution in [3.63, 3.8) is 0 Å². The third-order valence-electron chi connectivity index (χ3n) is 2.10. The zero-order valence-corrected chi connectivity index (χ0v) is 9.50. The summed E-state index contributed by atoms with van der Waals surface area (Å²) in [6.07, 6.45) is 1.49. The van der Waals surface area contributed by atoms with Gasteiger partial charge in [-0.05, 0) is 23.7 Å². The molecule has 0 aliphatic carbocycles. The Balaban J connectivity index is 2.11. The lowest BCUT2D eigenvalue weighted by atomic mass is 9.80. The van der Waals surface area contributed by atoms with Crippen molar-refractivity contribution in [2.45, 2.75) is 0 Å². The number of hydrogen-bond donors (Lipinski definition) is 2. The lowest BCUT2D eigenvalue weighted by molar-refractivity contribution is 0.425. The fourth-order valence-corrected chi connectivity index (χ4v) is 1.36. The van der Waals surface area contributed by atoms with E-state index in [1.165, 1.54) is 6.20 Å². The van der Waals surface area contributed by atoms with E-state index in [9.17, 15) is 0 Å². The fourth-order valence-electron chi connectivity index (χ4n) is 1.25. The number of rotatable bonds is 3. The highest BCUT2D eigenvalue weighted by molar-refractivity contribution is 6.58. The van der Waals surface area contributed by atoms with Crippen molar-refractivity contribution < 1.29 is 14.8 Å². The molecule has 4 nitrogen and oxygen atoms in total. The van der Waals surface area contributed by atoms with Crippen molar-refractivity contribution in [3.8, 4) is 11.6 Å². The average molecular weight is 249 g/mol. The van der Waals surface area contributed by atoms with Crippen LogP contribution in [0.3, 0.4) is 0 Å². The molecule has 0 amide bonds. The lowest BCUT2D eigenvalue weighted by Gasteiger charge is -2.05. The second-order valence-corrected chi connectivity index (χ2v) is 3.80. The zero-order chi connectivity index (χ0) is 12.3. The Labute approximate surface area is 104 Å². The van der Waals surface area contributed by atoms with Crippen LogP contribution in [0.1, 0.15) is 0 Å². The van der Waals surface area contributed by atoms with Crippen LogP contribution >= 0.6 is 11.6 Å². The summed E-state index contributed by atoms with van der Waals surface area (Å²) in [4.78, 5) is 3.98. The Morgan fingerprint density at radius 3 is 2.29 bits per heavy atom. The zero-order valence-electron chi connectivity index (χ0n) is 8.75. The second kappa shape index (κ2) is 5.18. The monoisotopic (exact) mass is 249 g/mol. The Bertz CT molecular complexity index is 487. The van der Waals surface area contributed by atoms with Gasteiger partial charge in [-0.1, -0.05) is 23.7 Å². The van der Waals surface area contributed by atoms with Gasteiger partial charge in [0.1, 0.15) is 5.75 Å². The SMILES string of the molecule is OB(O)c1ccc(Oc2ccc(Cl)cn2)cc1. The number of ether oxygens (including phenoxy) is 1. The summed E-state index contributed by atoms with van der Waals surface area (Å²) < 4.78 is 5.44. The largest absolute Gasteiger partial charge is 0.488 e. The molecule has 0 bridgehead atoms. The summed E-state index contributed by atoms with van der Waals surface area (Å²) >= 11 is 5.70. The van der Waals surface area contributed by atoms with Crippen LogP contribution in [0.25, 0.3) is 0 Å². The predicted molar refractivity (Wildman–Crippen MR) is 65.6 cm³/mol. The maximum Gasteiger partial charge on any atom is 0.488 e. The molecule has 2 N–H and O–H groups in total. The van der Waals surface area contributed by atoms with Crippen molar-refractivity contribution in [2.24, 2.45) is 0 Å². The van der Waals surface area contributed by atoms with E-state index in [4.69, 9.17) is 26.4 Å². The van der Waals surface area contributed by atoms with Crippen LogP contribution in [-0.4, -0.2) is 22.2 Å². The molecular weight excluding hydrogens is 240 g/mol. The number of nitrogens with zero attached hydrogens (tertiary/aromatic N) is 1. The van der Waals surface area contributed by atoms with Gasteiger partial charge in [0.2, 0.25) is 5.88 Å². The van der Waals surface area contributed by atoms with Crippen LogP contribution in [0.5, 0.6) is 11.6 Å². The highest BCUT2D eigenvalue weighted by Crippen LogP contribution is 2.19. The second-order valence-electron chi connectivity index (χ2n) is 3.36. The van der Waals surface area contributed by atoms with E-state index < -0.39 is 7.12 Å². The smallest absolute Gasteiger partial charge is 0.439 e. The molecule has 0 aliphatic rings. The average Bonchev–Trinajstić information content (AvgIpc) is 2.33. The molecule has 1 aromatic carbocycles. The first kappa shape index (κ1) is 11.9. The molecule has 86 valence electrons. The van der Waals surface area contributed by atoms with Gasteiger partial charge in [0, 0.05) is 12.3 Å². The van der Waals surface area contributed by atoms with Gasteiger partial charge in [0.15, 0.2) is 0 Å². The van der Waals surface area contributed by atoms with E-state index in [2.05, 4.69) is 4.98 Å². The molecule has 2 aromatic rings. The Morgan fingerprint density at radius 2 is 1.76 bits per heavy atom. The van der Waals surface area contributed by atoms with Crippen LogP contribution in [0.2, 0.25) is 5.02 Å². The summed E-state index contributed by atoms with van der Waals surface area (Å²) in [5, 5.41) is 18.4. The number of hydrogen-bond acceptors (Lipinski definition) is 4. The van der Waals surface area contributed by atoms with Crippen molar-refractivity contribution in [1.82, 2.24) is 4.98 Å². The molecule has 0 spiro atoms. The Morgan fingerprint density at radius 1 is 1.06 bits per heavy atom. The summed E-state index contributed by atoms with van der Waals surface area (Å²) in [6.45, 7) is 0. The fraction of sp³-hybridized carbons (Fsp3) is 0. The predicted octanol–water partition coefficient (Wildman–Crippen LogP) is 1.21. The molecule has 6 heteroatoms. The Kier molecular flexibility index (Phi) is 3.63. The van der Waals surface area contributed by atoms with Crippen LogP contribution in [0, 0.1) is 0 Å². The molecule has 0 aliphatic heterocycles. The third-order valence-corrected chi connectivity index (χ3v) is 2.32. The van der Waals surface area contributed by atoms with Gasteiger partial charge in [-0.25, -0.2) is 4.98 Å². The topological polar surface area (TPSA) is 62.6 Å². The summed E-state index contributed by atoms with van der Waals surface area (Å²) in [6, 6.07) is 9.72. The number of halogens is 1. The molecule has 0 atom stereocenters. The minimum atomic E-state index is -1.47. The molecule has 0 saturated carbocycles. The standard InChI is InChI=1S/C11H9BClNO3/c13-9-3-6-11(14-7-9)17-10-4-1-8(2-5-10)12(15)16/h1-7,15-16H. The molecule has 1 aromatic heterocycles. The van der Waals surface area contributed by atoms with Gasteiger partial charge >= 0.3 is 7.12 Å². The minimum Gasteiger partial charge on any atom is -0.439 e. The summed E-state index contributed by atoms with van der Waals surface area (Å²) in [7, 11) is -1.47. The van der Waals surface area contributed by atoms with Crippen LogP contribution in [0.15, 0.2) is 42.6 Å². The molecule has 17 heavy (non-hydrogen) atoms. The maximum absolute atomic E-state index is 8.92. The van der Waals surface area contributed by atoms with E-state index >= 15 is 0 Å².